The van der Waals surface area contributed by atoms with Crippen molar-refractivity contribution in [1.29, 1.82) is 0 Å². The van der Waals surface area contributed by atoms with E-state index >= 15 is 0 Å². The Balaban J connectivity index is 2.72. The van der Waals surface area contributed by atoms with Crippen LogP contribution in [-0.2, 0) is 10.2 Å². The fourth-order valence-electron chi connectivity index (χ4n) is 2.69. The number of aliphatic imine (C=N–C) groups is 1. The molecule has 1 aromatic heterocycles. The van der Waals surface area contributed by atoms with Crippen molar-refractivity contribution in [1.82, 2.24) is 15.3 Å². The highest BCUT2D eigenvalue weighted by atomic mass is 16.5. The van der Waals surface area contributed by atoms with Gasteiger partial charge in [-0.15, -0.1) is 13.2 Å². The van der Waals surface area contributed by atoms with Crippen molar-refractivity contribution in [2.75, 3.05) is 14.2 Å². The van der Waals surface area contributed by atoms with Crippen LogP contribution in [0, 0.1) is 0 Å². The Morgan fingerprint density at radius 1 is 1.22 bits per heavy atom. The summed E-state index contributed by atoms with van der Waals surface area (Å²) in [6, 6.07) is 0.178. The number of methoxy groups -OCH3 is 2. The topological polar surface area (TPSA) is 85.7 Å². The van der Waals surface area contributed by atoms with Crippen molar-refractivity contribution in [2.24, 2.45) is 4.99 Å². The first-order chi connectivity index (χ1) is 11.0. The molecule has 0 bridgehead atoms. The van der Waals surface area contributed by atoms with Gasteiger partial charge in [-0.1, -0.05) is 12.2 Å². The largest absolute Gasteiger partial charge is 0.479 e. The van der Waals surface area contributed by atoms with Crippen LogP contribution in [0.25, 0.3) is 0 Å². The van der Waals surface area contributed by atoms with E-state index < -0.39 is 5.41 Å². The number of ether oxygens (including phenoxy) is 2. The number of hydrogen-bond donors (Lipinski definition) is 1. The van der Waals surface area contributed by atoms with Crippen molar-refractivity contribution >= 4 is 17.4 Å². The number of hydrogen-bond acceptors (Lipinski definition) is 6. The smallest absolute Gasteiger partial charge is 0.319 e. The summed E-state index contributed by atoms with van der Waals surface area (Å²) in [5, 5.41) is 2.79. The van der Waals surface area contributed by atoms with E-state index in [0.717, 1.165) is 0 Å². The van der Waals surface area contributed by atoms with Crippen LogP contribution in [0.4, 0.5) is 5.69 Å². The normalized spacial score (nSPS) is 14.5. The van der Waals surface area contributed by atoms with Gasteiger partial charge in [0.05, 0.1) is 25.3 Å². The summed E-state index contributed by atoms with van der Waals surface area (Å²) in [4.78, 5) is 24.7. The fraction of sp³-hybridized carbons (Fsp3) is 0.375. The third-order valence-corrected chi connectivity index (χ3v) is 3.62. The van der Waals surface area contributed by atoms with Crippen LogP contribution >= 0.6 is 0 Å². The van der Waals surface area contributed by atoms with Gasteiger partial charge in [0.1, 0.15) is 5.84 Å². The highest BCUT2D eigenvalue weighted by molar-refractivity contribution is 6.08. The average Bonchev–Trinajstić information content (AvgIpc) is 2.80. The van der Waals surface area contributed by atoms with Crippen LogP contribution in [0.15, 0.2) is 30.3 Å². The molecule has 7 heteroatoms. The lowest BCUT2D eigenvalue weighted by atomic mass is 9.77. The molecule has 0 atom stereocenters. The number of allylic oxidation sites excluding steroid dienone is 2. The van der Waals surface area contributed by atoms with Crippen LogP contribution in [0.3, 0.4) is 0 Å². The minimum atomic E-state index is -0.673. The molecule has 1 aliphatic rings. The maximum Gasteiger partial charge on any atom is 0.319 e. The minimum Gasteiger partial charge on any atom is -0.479 e. The monoisotopic (exact) mass is 316 g/mol. The number of nitrogens with one attached hydrogen (secondary N) is 1. The molecular weight excluding hydrogens is 296 g/mol. The Morgan fingerprint density at radius 3 is 2.35 bits per heavy atom. The fourth-order valence-corrected chi connectivity index (χ4v) is 2.69. The molecule has 2 heterocycles. The molecule has 1 aliphatic heterocycles. The third kappa shape index (κ3) is 2.81. The van der Waals surface area contributed by atoms with Gasteiger partial charge in [0.15, 0.2) is 5.69 Å². The van der Waals surface area contributed by atoms with Gasteiger partial charge in [0.25, 0.3) is 0 Å². The predicted octanol–water partition coefficient (Wildman–Crippen LogP) is 2.06. The second-order valence-corrected chi connectivity index (χ2v) is 5.13. The Kier molecular flexibility index (Phi) is 4.78. The minimum absolute atomic E-state index is 0.178. The summed E-state index contributed by atoms with van der Waals surface area (Å²) >= 11 is 0. The second-order valence-electron chi connectivity index (χ2n) is 5.13. The molecule has 0 saturated carbocycles. The van der Waals surface area contributed by atoms with Crippen molar-refractivity contribution in [3.8, 4) is 11.9 Å². The van der Waals surface area contributed by atoms with Crippen molar-refractivity contribution in [3.05, 3.63) is 31.0 Å². The number of carbonyl (C=O) groups excluding carboxylic acids is 1. The van der Waals surface area contributed by atoms with E-state index in [2.05, 4.69) is 33.4 Å². The van der Waals surface area contributed by atoms with E-state index in [1.54, 1.807) is 12.2 Å². The highest BCUT2D eigenvalue weighted by Crippen LogP contribution is 2.47. The Labute approximate surface area is 135 Å². The van der Waals surface area contributed by atoms with E-state index in [4.69, 9.17) is 9.47 Å². The molecule has 2 rings (SSSR count). The lowest BCUT2D eigenvalue weighted by Gasteiger charge is -2.28. The summed E-state index contributed by atoms with van der Waals surface area (Å²) in [7, 11) is 2.98. The van der Waals surface area contributed by atoms with Crippen LogP contribution in [0.5, 0.6) is 11.9 Å². The average molecular weight is 316 g/mol. The van der Waals surface area contributed by atoms with Gasteiger partial charge in [-0.05, 0) is 12.8 Å². The third-order valence-electron chi connectivity index (χ3n) is 3.62. The van der Waals surface area contributed by atoms with Gasteiger partial charge < -0.3 is 14.8 Å². The van der Waals surface area contributed by atoms with Crippen molar-refractivity contribution in [2.45, 2.75) is 25.2 Å². The van der Waals surface area contributed by atoms with Gasteiger partial charge in [0, 0.05) is 6.92 Å². The molecule has 0 saturated heterocycles. The van der Waals surface area contributed by atoms with E-state index in [1.165, 1.54) is 21.1 Å². The van der Waals surface area contributed by atoms with Gasteiger partial charge in [0.2, 0.25) is 11.8 Å². The van der Waals surface area contributed by atoms with E-state index in [1.807, 2.05) is 0 Å². The first kappa shape index (κ1) is 16.7. The van der Waals surface area contributed by atoms with Gasteiger partial charge in [-0.3, -0.25) is 4.79 Å². The molecule has 23 heavy (non-hydrogen) atoms. The molecule has 0 unspecified atom stereocenters. The molecular formula is C16H20N4O3. The lowest BCUT2D eigenvalue weighted by molar-refractivity contribution is -0.117. The summed E-state index contributed by atoms with van der Waals surface area (Å²) in [5.74, 6) is 0.568. The standard InChI is InChI=1S/C16H20N4O3/c1-6-8-16(9-7-2)12-11(18-14(16)17-10(3)21)13(22-4)20-15(19-12)23-5/h6-7H,1-2,8-9H2,3-5H3,(H,17,18,21). The number of amides is 1. The summed E-state index contributed by atoms with van der Waals surface area (Å²) in [5.41, 5.74) is 0.444. The van der Waals surface area contributed by atoms with Gasteiger partial charge in [-0.25, -0.2) is 4.99 Å². The molecule has 0 aliphatic carbocycles. The first-order valence-electron chi connectivity index (χ1n) is 7.11. The van der Waals surface area contributed by atoms with E-state index in [-0.39, 0.29) is 11.9 Å². The van der Waals surface area contributed by atoms with Gasteiger partial charge >= 0.3 is 6.01 Å². The molecule has 1 amide bonds. The first-order valence-corrected chi connectivity index (χ1v) is 7.11. The second kappa shape index (κ2) is 6.60. The Hall–Kier alpha value is -2.70. The van der Waals surface area contributed by atoms with Gasteiger partial charge in [-0.2, -0.15) is 9.97 Å². The number of nitrogens with zero attached hydrogens (tertiary/aromatic N) is 3. The van der Waals surface area contributed by atoms with E-state index in [0.29, 0.717) is 35.9 Å². The van der Waals surface area contributed by atoms with Crippen LogP contribution in [0.1, 0.15) is 25.5 Å². The van der Waals surface area contributed by atoms with E-state index in [9.17, 15) is 4.79 Å². The molecule has 0 aromatic carbocycles. The number of rotatable bonds is 6. The molecule has 7 nitrogen and oxygen atoms in total. The maximum absolute atomic E-state index is 11.6. The molecule has 1 aromatic rings. The van der Waals surface area contributed by atoms with Crippen LogP contribution in [0.2, 0.25) is 0 Å². The molecule has 1 N–H and O–H groups in total. The SMILES string of the molecule is C=CCC1(CC=C)C(NC(C)=O)=Nc2c(OC)nc(OC)nc21. The lowest BCUT2D eigenvalue weighted by Crippen LogP contribution is -2.44. The molecule has 0 radical (unpaired) electrons. The summed E-state index contributed by atoms with van der Waals surface area (Å²) < 4.78 is 10.5. The number of amidine groups is 1. The van der Waals surface area contributed by atoms with Crippen LogP contribution < -0.4 is 14.8 Å². The van der Waals surface area contributed by atoms with Crippen molar-refractivity contribution < 1.29 is 14.3 Å². The summed E-state index contributed by atoms with van der Waals surface area (Å²) in [6.45, 7) is 9.06. The molecule has 0 spiro atoms. The Bertz CT molecular complexity index is 672. The number of carbonyl (C=O) groups is 1. The zero-order chi connectivity index (χ0) is 17.0. The van der Waals surface area contributed by atoms with Crippen LogP contribution in [-0.4, -0.2) is 35.9 Å². The van der Waals surface area contributed by atoms with Crippen molar-refractivity contribution in [3.63, 3.8) is 0 Å². The molecule has 122 valence electrons. The summed E-state index contributed by atoms with van der Waals surface area (Å²) in [6.07, 6.45) is 4.57. The number of aromatic nitrogens is 2. The quantitative estimate of drug-likeness (QED) is 0.812. The molecule has 0 fully saturated rings. The maximum atomic E-state index is 11.6. The highest BCUT2D eigenvalue weighted by Gasteiger charge is 2.46. The predicted molar refractivity (Wildman–Crippen MR) is 87.4 cm³/mol. The zero-order valence-electron chi connectivity index (χ0n) is 13.5. The zero-order valence-corrected chi connectivity index (χ0v) is 13.5. The Morgan fingerprint density at radius 2 is 1.87 bits per heavy atom. The number of fused-ring (bicyclic) bond motifs is 1.